The van der Waals surface area contributed by atoms with Crippen molar-refractivity contribution in [2.75, 3.05) is 4.90 Å². The van der Waals surface area contributed by atoms with Crippen molar-refractivity contribution in [1.29, 1.82) is 0 Å². The normalized spacial score (nSPS) is 13.3. The van der Waals surface area contributed by atoms with Gasteiger partial charge in [-0.15, -0.1) is 0 Å². The van der Waals surface area contributed by atoms with Gasteiger partial charge in [-0.3, -0.25) is 0 Å². The van der Waals surface area contributed by atoms with E-state index in [1.165, 1.54) is 16.9 Å². The van der Waals surface area contributed by atoms with Crippen molar-refractivity contribution in [3.63, 3.8) is 0 Å². The van der Waals surface area contributed by atoms with Crippen LogP contribution in [0.2, 0.25) is 0 Å². The van der Waals surface area contributed by atoms with E-state index in [-0.39, 0.29) is 0 Å². The number of para-hydroxylation sites is 2. The van der Waals surface area contributed by atoms with Crippen molar-refractivity contribution in [3.05, 3.63) is 78.5 Å². The zero-order valence-corrected chi connectivity index (χ0v) is 9.45. The van der Waals surface area contributed by atoms with Gasteiger partial charge in [-0.1, -0.05) is 48.6 Å². The summed E-state index contributed by atoms with van der Waals surface area (Å²) < 4.78 is 0. The van der Waals surface area contributed by atoms with E-state index in [4.69, 9.17) is 0 Å². The first-order valence-electron chi connectivity index (χ1n) is 5.73. The van der Waals surface area contributed by atoms with Gasteiger partial charge in [-0.05, 0) is 29.8 Å². The first-order valence-corrected chi connectivity index (χ1v) is 5.73. The number of nitrogens with zero attached hydrogens (tertiary/aromatic N) is 1. The predicted molar refractivity (Wildman–Crippen MR) is 73.2 cm³/mol. The van der Waals surface area contributed by atoms with Crippen LogP contribution in [0.5, 0.6) is 0 Å². The van der Waals surface area contributed by atoms with Crippen molar-refractivity contribution in [2.45, 2.75) is 0 Å². The average molecular weight is 219 g/mol. The van der Waals surface area contributed by atoms with Crippen molar-refractivity contribution in [3.8, 4) is 0 Å². The SMILES string of the molecule is C1=Cc2ccccc2N(c2ccccc2)C=C1. The van der Waals surface area contributed by atoms with Crippen LogP contribution in [-0.4, -0.2) is 0 Å². The van der Waals surface area contributed by atoms with Gasteiger partial charge >= 0.3 is 0 Å². The van der Waals surface area contributed by atoms with Crippen molar-refractivity contribution >= 4 is 17.5 Å². The zero-order chi connectivity index (χ0) is 11.5. The van der Waals surface area contributed by atoms with E-state index < -0.39 is 0 Å². The van der Waals surface area contributed by atoms with Gasteiger partial charge in [0.2, 0.25) is 0 Å². The molecule has 17 heavy (non-hydrogen) atoms. The Balaban J connectivity index is 2.14. The van der Waals surface area contributed by atoms with E-state index in [1.807, 2.05) is 6.07 Å². The van der Waals surface area contributed by atoms with E-state index in [0.29, 0.717) is 0 Å². The van der Waals surface area contributed by atoms with Gasteiger partial charge in [-0.2, -0.15) is 0 Å². The van der Waals surface area contributed by atoms with Crippen LogP contribution in [0.4, 0.5) is 11.4 Å². The lowest BCUT2D eigenvalue weighted by molar-refractivity contribution is 1.28. The number of anilines is 2. The summed E-state index contributed by atoms with van der Waals surface area (Å²) in [5.74, 6) is 0. The maximum atomic E-state index is 2.20. The first-order chi connectivity index (χ1) is 8.45. The van der Waals surface area contributed by atoms with E-state index in [9.17, 15) is 0 Å². The molecule has 1 nitrogen and oxygen atoms in total. The van der Waals surface area contributed by atoms with Crippen LogP contribution in [0.3, 0.4) is 0 Å². The summed E-state index contributed by atoms with van der Waals surface area (Å²) >= 11 is 0. The smallest absolute Gasteiger partial charge is 0.0527 e. The molecule has 0 saturated carbocycles. The van der Waals surface area contributed by atoms with E-state index >= 15 is 0 Å². The van der Waals surface area contributed by atoms with Crippen LogP contribution in [0.1, 0.15) is 5.56 Å². The van der Waals surface area contributed by atoms with E-state index in [0.717, 1.165) is 0 Å². The third-order valence-electron chi connectivity index (χ3n) is 2.85. The third kappa shape index (κ3) is 1.87. The lowest BCUT2D eigenvalue weighted by Crippen LogP contribution is -2.08. The molecule has 3 rings (SSSR count). The number of fused-ring (bicyclic) bond motifs is 1. The van der Waals surface area contributed by atoms with E-state index in [2.05, 4.69) is 77.9 Å². The number of benzene rings is 2. The largest absolute Gasteiger partial charge is 0.317 e. The molecule has 1 aliphatic heterocycles. The highest BCUT2D eigenvalue weighted by atomic mass is 15.1. The van der Waals surface area contributed by atoms with Crippen LogP contribution in [0, 0.1) is 0 Å². The number of hydrogen-bond donors (Lipinski definition) is 0. The molecule has 0 aliphatic carbocycles. The third-order valence-corrected chi connectivity index (χ3v) is 2.85. The molecule has 0 radical (unpaired) electrons. The molecule has 0 amide bonds. The Morgan fingerprint density at radius 1 is 0.706 bits per heavy atom. The highest BCUT2D eigenvalue weighted by molar-refractivity contribution is 5.77. The van der Waals surface area contributed by atoms with Crippen LogP contribution in [0.25, 0.3) is 6.08 Å². The molecule has 0 unspecified atom stereocenters. The summed E-state index contributed by atoms with van der Waals surface area (Å²) in [5, 5.41) is 0. The molecule has 2 aromatic rings. The molecule has 2 aromatic carbocycles. The average Bonchev–Trinajstić information content (AvgIpc) is 2.62. The summed E-state index contributed by atoms with van der Waals surface area (Å²) in [6, 6.07) is 18.8. The molecule has 0 spiro atoms. The van der Waals surface area contributed by atoms with Crippen LogP contribution >= 0.6 is 0 Å². The van der Waals surface area contributed by atoms with E-state index in [1.54, 1.807) is 0 Å². The minimum absolute atomic E-state index is 1.18. The second-order valence-electron chi connectivity index (χ2n) is 3.97. The molecule has 0 atom stereocenters. The molecule has 0 fully saturated rings. The van der Waals surface area contributed by atoms with Crippen LogP contribution in [0.15, 0.2) is 72.9 Å². The van der Waals surface area contributed by atoms with Crippen molar-refractivity contribution < 1.29 is 0 Å². The number of allylic oxidation sites excluding steroid dienone is 2. The summed E-state index contributed by atoms with van der Waals surface area (Å²) in [4.78, 5) is 2.20. The lowest BCUT2D eigenvalue weighted by atomic mass is 10.1. The predicted octanol–water partition coefficient (Wildman–Crippen LogP) is 4.37. The van der Waals surface area contributed by atoms with Gasteiger partial charge in [0, 0.05) is 11.9 Å². The monoisotopic (exact) mass is 219 g/mol. The molecule has 1 heteroatoms. The minimum atomic E-state index is 1.18. The molecule has 1 heterocycles. The van der Waals surface area contributed by atoms with Crippen LogP contribution in [-0.2, 0) is 0 Å². The number of hydrogen-bond acceptors (Lipinski definition) is 1. The molecule has 0 aromatic heterocycles. The van der Waals surface area contributed by atoms with Crippen LogP contribution < -0.4 is 4.90 Å². The second-order valence-corrected chi connectivity index (χ2v) is 3.97. The number of rotatable bonds is 1. The van der Waals surface area contributed by atoms with Crippen molar-refractivity contribution in [1.82, 2.24) is 0 Å². The molecule has 0 saturated heterocycles. The highest BCUT2D eigenvalue weighted by Crippen LogP contribution is 2.31. The minimum Gasteiger partial charge on any atom is -0.317 e. The Kier molecular flexibility index (Phi) is 2.51. The zero-order valence-electron chi connectivity index (χ0n) is 9.45. The second kappa shape index (κ2) is 4.30. The molecule has 1 aliphatic rings. The lowest BCUT2D eigenvalue weighted by Gasteiger charge is -2.21. The van der Waals surface area contributed by atoms with Gasteiger partial charge in [0.05, 0.1) is 5.69 Å². The molecular weight excluding hydrogens is 206 g/mol. The topological polar surface area (TPSA) is 3.24 Å². The Morgan fingerprint density at radius 2 is 1.47 bits per heavy atom. The standard InChI is InChI=1S/C16H13N/c1-2-10-15(11-3-1)17-13-7-6-9-14-8-4-5-12-16(14)17/h1-13H. The molecule has 82 valence electrons. The molecule has 0 N–H and O–H groups in total. The molecular formula is C16H13N. The van der Waals surface area contributed by atoms with Gasteiger partial charge in [0.1, 0.15) is 0 Å². The summed E-state index contributed by atoms with van der Waals surface area (Å²) in [6.45, 7) is 0. The summed E-state index contributed by atoms with van der Waals surface area (Å²) in [7, 11) is 0. The maximum absolute atomic E-state index is 2.20. The Hall–Kier alpha value is -2.28. The fourth-order valence-corrected chi connectivity index (χ4v) is 2.04. The van der Waals surface area contributed by atoms with Crippen molar-refractivity contribution in [2.24, 2.45) is 0 Å². The fourth-order valence-electron chi connectivity index (χ4n) is 2.04. The Labute approximate surface area is 101 Å². The quantitative estimate of drug-likeness (QED) is 0.688. The Bertz CT molecular complexity index is 567. The summed E-state index contributed by atoms with van der Waals surface area (Å²) in [5.41, 5.74) is 3.63. The van der Waals surface area contributed by atoms with Gasteiger partial charge in [-0.25, -0.2) is 0 Å². The van der Waals surface area contributed by atoms with Gasteiger partial charge < -0.3 is 4.90 Å². The van der Waals surface area contributed by atoms with Gasteiger partial charge in [0.25, 0.3) is 0 Å². The van der Waals surface area contributed by atoms with Gasteiger partial charge in [0.15, 0.2) is 0 Å². The Morgan fingerprint density at radius 3 is 2.35 bits per heavy atom. The highest BCUT2D eigenvalue weighted by Gasteiger charge is 2.09. The fraction of sp³-hybridized carbons (Fsp3) is 0. The molecule has 0 bridgehead atoms. The maximum Gasteiger partial charge on any atom is 0.0527 e. The summed E-state index contributed by atoms with van der Waals surface area (Å²) in [6.07, 6.45) is 8.36. The first kappa shape index (κ1) is 9.91.